The molecular formula is C9H15N3O. The first-order valence-corrected chi connectivity index (χ1v) is 4.41. The third kappa shape index (κ3) is 1.95. The lowest BCUT2D eigenvalue weighted by Gasteiger charge is -2.07. The first kappa shape index (κ1) is 9.92. The van der Waals surface area contributed by atoms with Gasteiger partial charge in [0, 0.05) is 5.56 Å². The summed E-state index contributed by atoms with van der Waals surface area (Å²) in [6.07, 6.45) is 0.759. The number of nitrogens with zero attached hydrogens (tertiary/aromatic N) is 1. The average molecular weight is 181 g/mol. The van der Waals surface area contributed by atoms with Gasteiger partial charge in [-0.25, -0.2) is 4.98 Å². The van der Waals surface area contributed by atoms with Crippen molar-refractivity contribution in [3.05, 3.63) is 27.4 Å². The quantitative estimate of drug-likeness (QED) is 0.704. The molecule has 0 radical (unpaired) electrons. The fraction of sp³-hybridized carbons (Fsp3) is 0.556. The van der Waals surface area contributed by atoms with Crippen molar-refractivity contribution in [2.24, 2.45) is 5.73 Å². The van der Waals surface area contributed by atoms with Crippen molar-refractivity contribution in [3.63, 3.8) is 0 Å². The minimum atomic E-state index is -0.224. The Bertz CT molecular complexity index is 354. The van der Waals surface area contributed by atoms with Crippen LogP contribution in [0.2, 0.25) is 0 Å². The molecule has 3 N–H and O–H groups in total. The molecule has 0 aliphatic carbocycles. The van der Waals surface area contributed by atoms with Gasteiger partial charge in [-0.05, 0) is 20.3 Å². The molecule has 1 aromatic heterocycles. The van der Waals surface area contributed by atoms with Gasteiger partial charge in [0.25, 0.3) is 5.56 Å². The van der Waals surface area contributed by atoms with Crippen LogP contribution in [0.4, 0.5) is 0 Å². The summed E-state index contributed by atoms with van der Waals surface area (Å²) >= 11 is 0. The summed E-state index contributed by atoms with van der Waals surface area (Å²) in [6, 6.07) is -0.224. The molecule has 4 heteroatoms. The Hall–Kier alpha value is -1.16. The zero-order valence-corrected chi connectivity index (χ0v) is 8.22. The van der Waals surface area contributed by atoms with E-state index in [1.54, 1.807) is 13.8 Å². The number of aryl methyl sites for hydroxylation is 1. The molecule has 4 nitrogen and oxygen atoms in total. The second-order valence-corrected chi connectivity index (χ2v) is 3.17. The highest BCUT2D eigenvalue weighted by atomic mass is 16.1. The van der Waals surface area contributed by atoms with Crippen LogP contribution in [0, 0.1) is 6.92 Å². The van der Waals surface area contributed by atoms with Crippen LogP contribution >= 0.6 is 0 Å². The Labute approximate surface area is 77.2 Å². The van der Waals surface area contributed by atoms with Gasteiger partial charge >= 0.3 is 0 Å². The van der Waals surface area contributed by atoms with Crippen molar-refractivity contribution >= 4 is 0 Å². The predicted octanol–water partition coefficient (Wildman–Crippen LogP) is 0.660. The van der Waals surface area contributed by atoms with Gasteiger partial charge in [0.2, 0.25) is 0 Å². The van der Waals surface area contributed by atoms with E-state index in [1.165, 1.54) is 0 Å². The van der Waals surface area contributed by atoms with E-state index < -0.39 is 0 Å². The second-order valence-electron chi connectivity index (χ2n) is 3.17. The van der Waals surface area contributed by atoms with Gasteiger partial charge in [-0.2, -0.15) is 0 Å². The number of aromatic amines is 1. The van der Waals surface area contributed by atoms with Gasteiger partial charge in [0.15, 0.2) is 0 Å². The van der Waals surface area contributed by atoms with Crippen LogP contribution in [0.3, 0.4) is 0 Å². The molecule has 0 aliphatic heterocycles. The molecule has 0 aliphatic rings. The number of hydrogen-bond donors (Lipinski definition) is 2. The van der Waals surface area contributed by atoms with Gasteiger partial charge in [-0.15, -0.1) is 0 Å². The maximum atomic E-state index is 11.4. The monoisotopic (exact) mass is 181 g/mol. The normalized spacial score (nSPS) is 12.9. The lowest BCUT2D eigenvalue weighted by molar-refractivity contribution is 0.716. The highest BCUT2D eigenvalue weighted by Gasteiger charge is 2.07. The lowest BCUT2D eigenvalue weighted by atomic mass is 10.2. The molecule has 1 unspecified atom stereocenters. The Morgan fingerprint density at radius 1 is 1.62 bits per heavy atom. The molecule has 0 fully saturated rings. The van der Waals surface area contributed by atoms with E-state index in [4.69, 9.17) is 5.73 Å². The number of hydrogen-bond acceptors (Lipinski definition) is 3. The third-order valence-electron chi connectivity index (χ3n) is 2.04. The minimum Gasteiger partial charge on any atom is -0.322 e. The molecule has 1 aromatic rings. The van der Waals surface area contributed by atoms with E-state index in [0.29, 0.717) is 11.4 Å². The summed E-state index contributed by atoms with van der Waals surface area (Å²) in [7, 11) is 0. The molecule has 0 saturated heterocycles. The van der Waals surface area contributed by atoms with Crippen LogP contribution < -0.4 is 11.3 Å². The van der Waals surface area contributed by atoms with Gasteiger partial charge in [0.05, 0.1) is 11.7 Å². The maximum Gasteiger partial charge on any atom is 0.254 e. The largest absolute Gasteiger partial charge is 0.322 e. The number of rotatable bonds is 2. The molecule has 0 aromatic carbocycles. The highest BCUT2D eigenvalue weighted by molar-refractivity contribution is 5.16. The summed E-state index contributed by atoms with van der Waals surface area (Å²) in [5.74, 6) is 0.562. The molecule has 1 atom stereocenters. The Morgan fingerprint density at radius 3 is 2.69 bits per heavy atom. The van der Waals surface area contributed by atoms with Crippen LogP contribution in [0.25, 0.3) is 0 Å². The van der Waals surface area contributed by atoms with Gasteiger partial charge < -0.3 is 10.7 Å². The number of nitrogens with one attached hydrogen (secondary N) is 1. The smallest absolute Gasteiger partial charge is 0.254 e. The van der Waals surface area contributed by atoms with Crippen molar-refractivity contribution < 1.29 is 0 Å². The molecule has 72 valence electrons. The molecule has 0 spiro atoms. The summed E-state index contributed by atoms with van der Waals surface area (Å²) in [5.41, 5.74) is 7.06. The summed E-state index contributed by atoms with van der Waals surface area (Å²) < 4.78 is 0. The van der Waals surface area contributed by atoms with E-state index in [-0.39, 0.29) is 11.6 Å². The Kier molecular flexibility index (Phi) is 2.83. The van der Waals surface area contributed by atoms with E-state index >= 15 is 0 Å². The Morgan fingerprint density at radius 2 is 2.23 bits per heavy atom. The van der Waals surface area contributed by atoms with Gasteiger partial charge in [-0.1, -0.05) is 6.92 Å². The van der Waals surface area contributed by atoms with E-state index in [2.05, 4.69) is 9.97 Å². The number of aromatic nitrogens is 2. The fourth-order valence-corrected chi connectivity index (χ4v) is 1.16. The zero-order valence-electron chi connectivity index (χ0n) is 8.22. The molecule has 1 rings (SSSR count). The van der Waals surface area contributed by atoms with Crippen LogP contribution in [0.5, 0.6) is 0 Å². The van der Waals surface area contributed by atoms with Crippen molar-refractivity contribution in [2.45, 2.75) is 33.2 Å². The van der Waals surface area contributed by atoms with Crippen LogP contribution in [-0.4, -0.2) is 9.97 Å². The standard InChI is InChI=1S/C9H15N3O/c1-4-7-5(2)9(13)12-8(11-7)6(3)10/h6H,4,10H2,1-3H3,(H,11,12,13). The summed E-state index contributed by atoms with van der Waals surface area (Å²) in [6.45, 7) is 5.54. The molecule has 0 saturated carbocycles. The SMILES string of the molecule is CCc1nc(C(C)N)[nH]c(=O)c1C. The average Bonchev–Trinajstić information content (AvgIpc) is 2.09. The van der Waals surface area contributed by atoms with Crippen molar-refractivity contribution in [2.75, 3.05) is 0 Å². The Balaban J connectivity index is 3.31. The van der Waals surface area contributed by atoms with E-state index in [1.807, 2.05) is 6.92 Å². The first-order valence-electron chi connectivity index (χ1n) is 4.41. The fourth-order valence-electron chi connectivity index (χ4n) is 1.16. The summed E-state index contributed by atoms with van der Waals surface area (Å²) in [5, 5.41) is 0. The van der Waals surface area contributed by atoms with Crippen molar-refractivity contribution in [1.29, 1.82) is 0 Å². The van der Waals surface area contributed by atoms with E-state index in [9.17, 15) is 4.79 Å². The highest BCUT2D eigenvalue weighted by Crippen LogP contribution is 2.04. The molecule has 0 amide bonds. The number of H-pyrrole nitrogens is 1. The van der Waals surface area contributed by atoms with Gasteiger partial charge in [0.1, 0.15) is 5.82 Å². The predicted molar refractivity (Wildman–Crippen MR) is 51.6 cm³/mol. The molecule has 13 heavy (non-hydrogen) atoms. The second kappa shape index (κ2) is 3.70. The van der Waals surface area contributed by atoms with E-state index in [0.717, 1.165) is 12.1 Å². The topological polar surface area (TPSA) is 71.8 Å². The van der Waals surface area contributed by atoms with Crippen molar-refractivity contribution in [1.82, 2.24) is 9.97 Å². The van der Waals surface area contributed by atoms with Crippen LogP contribution in [0.15, 0.2) is 4.79 Å². The number of nitrogens with two attached hydrogens (primary N) is 1. The molecule has 1 heterocycles. The zero-order chi connectivity index (χ0) is 10.0. The molecule has 0 bridgehead atoms. The third-order valence-corrected chi connectivity index (χ3v) is 2.04. The lowest BCUT2D eigenvalue weighted by Crippen LogP contribution is -2.21. The minimum absolute atomic E-state index is 0.0841. The maximum absolute atomic E-state index is 11.4. The summed E-state index contributed by atoms with van der Waals surface area (Å²) in [4.78, 5) is 18.3. The van der Waals surface area contributed by atoms with Crippen LogP contribution in [-0.2, 0) is 6.42 Å². The van der Waals surface area contributed by atoms with Crippen molar-refractivity contribution in [3.8, 4) is 0 Å². The van der Waals surface area contributed by atoms with Crippen LogP contribution in [0.1, 0.15) is 37.0 Å². The molecular weight excluding hydrogens is 166 g/mol. The van der Waals surface area contributed by atoms with Gasteiger partial charge in [-0.3, -0.25) is 4.79 Å². The first-order chi connectivity index (χ1) is 6.06.